The summed E-state index contributed by atoms with van der Waals surface area (Å²) in [5, 5.41) is 1.20. The SMILES string of the molecule is NCC1c2c(Cl)cc(Cl)cc2N=C2C=CC=CN21. The number of benzene rings is 1. The average Bonchev–Trinajstić information content (AvgIpc) is 2.35. The summed E-state index contributed by atoms with van der Waals surface area (Å²) in [6.45, 7) is 0.464. The smallest absolute Gasteiger partial charge is 0.133 e. The van der Waals surface area contributed by atoms with Crippen LogP contribution in [0.4, 0.5) is 5.69 Å². The maximum atomic E-state index is 6.27. The summed E-state index contributed by atoms with van der Waals surface area (Å²) < 4.78 is 0. The van der Waals surface area contributed by atoms with Crippen molar-refractivity contribution in [3.8, 4) is 0 Å². The van der Waals surface area contributed by atoms with Crippen molar-refractivity contribution in [1.29, 1.82) is 0 Å². The van der Waals surface area contributed by atoms with Crippen LogP contribution >= 0.6 is 23.2 Å². The van der Waals surface area contributed by atoms with E-state index in [9.17, 15) is 0 Å². The molecule has 1 atom stereocenters. The molecule has 0 spiro atoms. The van der Waals surface area contributed by atoms with Crippen LogP contribution in [0.3, 0.4) is 0 Å². The van der Waals surface area contributed by atoms with E-state index in [1.807, 2.05) is 35.4 Å². The molecule has 0 saturated carbocycles. The Kier molecular flexibility index (Phi) is 2.90. The zero-order valence-corrected chi connectivity index (χ0v) is 11.0. The van der Waals surface area contributed by atoms with Crippen molar-refractivity contribution in [2.75, 3.05) is 6.54 Å². The third-order valence-electron chi connectivity index (χ3n) is 3.07. The fourth-order valence-corrected chi connectivity index (χ4v) is 2.90. The minimum absolute atomic E-state index is 0.00142. The number of amidine groups is 1. The number of hydrogen-bond donors (Lipinski definition) is 1. The fraction of sp³-hybridized carbons (Fsp3) is 0.154. The molecule has 2 heterocycles. The van der Waals surface area contributed by atoms with Gasteiger partial charge in [0.25, 0.3) is 0 Å². The van der Waals surface area contributed by atoms with Crippen molar-refractivity contribution in [1.82, 2.24) is 4.90 Å². The van der Waals surface area contributed by atoms with E-state index < -0.39 is 0 Å². The van der Waals surface area contributed by atoms with Gasteiger partial charge in [-0.2, -0.15) is 0 Å². The van der Waals surface area contributed by atoms with E-state index in [2.05, 4.69) is 4.99 Å². The highest BCUT2D eigenvalue weighted by Crippen LogP contribution is 2.41. The largest absolute Gasteiger partial charge is 0.328 e. The van der Waals surface area contributed by atoms with Gasteiger partial charge < -0.3 is 10.6 Å². The first-order valence-electron chi connectivity index (χ1n) is 5.61. The lowest BCUT2D eigenvalue weighted by atomic mass is 10.00. The molecule has 1 unspecified atom stereocenters. The van der Waals surface area contributed by atoms with Crippen molar-refractivity contribution in [3.63, 3.8) is 0 Å². The lowest BCUT2D eigenvalue weighted by Gasteiger charge is -2.35. The monoisotopic (exact) mass is 279 g/mol. The highest BCUT2D eigenvalue weighted by atomic mass is 35.5. The molecule has 0 aliphatic carbocycles. The minimum atomic E-state index is -0.00142. The summed E-state index contributed by atoms with van der Waals surface area (Å²) in [5.41, 5.74) is 7.62. The molecule has 2 aliphatic rings. The first-order chi connectivity index (χ1) is 8.70. The fourth-order valence-electron chi connectivity index (χ4n) is 2.29. The molecule has 18 heavy (non-hydrogen) atoms. The molecule has 2 N–H and O–H groups in total. The normalized spacial score (nSPS) is 20.5. The van der Waals surface area contributed by atoms with Gasteiger partial charge in [-0.1, -0.05) is 29.3 Å². The molecule has 5 heteroatoms. The molecular formula is C13H11Cl2N3. The van der Waals surface area contributed by atoms with Crippen LogP contribution in [0.1, 0.15) is 11.6 Å². The summed E-state index contributed by atoms with van der Waals surface area (Å²) in [6, 6.07) is 3.55. The summed E-state index contributed by atoms with van der Waals surface area (Å²) in [7, 11) is 0. The highest BCUT2D eigenvalue weighted by Gasteiger charge is 2.29. The van der Waals surface area contributed by atoms with Gasteiger partial charge in [-0.05, 0) is 24.3 Å². The van der Waals surface area contributed by atoms with Gasteiger partial charge >= 0.3 is 0 Å². The maximum Gasteiger partial charge on any atom is 0.133 e. The molecule has 3 nitrogen and oxygen atoms in total. The number of fused-ring (bicyclic) bond motifs is 2. The Morgan fingerprint density at radius 1 is 1.28 bits per heavy atom. The molecule has 0 saturated heterocycles. The Morgan fingerprint density at radius 2 is 2.11 bits per heavy atom. The van der Waals surface area contributed by atoms with E-state index in [-0.39, 0.29) is 6.04 Å². The summed E-state index contributed by atoms with van der Waals surface area (Å²) in [6.07, 6.45) is 7.81. The second kappa shape index (κ2) is 4.43. The predicted octanol–water partition coefficient (Wildman–Crippen LogP) is 3.42. The average molecular weight is 280 g/mol. The van der Waals surface area contributed by atoms with Crippen LogP contribution < -0.4 is 5.73 Å². The third kappa shape index (κ3) is 1.75. The van der Waals surface area contributed by atoms with Gasteiger partial charge in [-0.25, -0.2) is 4.99 Å². The van der Waals surface area contributed by atoms with Crippen molar-refractivity contribution < 1.29 is 0 Å². The first-order valence-corrected chi connectivity index (χ1v) is 6.37. The van der Waals surface area contributed by atoms with Gasteiger partial charge in [0.15, 0.2) is 0 Å². The van der Waals surface area contributed by atoms with Gasteiger partial charge in [0.05, 0.1) is 11.7 Å². The molecule has 1 aromatic carbocycles. The summed E-state index contributed by atoms with van der Waals surface area (Å²) in [4.78, 5) is 6.60. The lowest BCUT2D eigenvalue weighted by Crippen LogP contribution is -2.37. The Morgan fingerprint density at radius 3 is 2.89 bits per heavy atom. The van der Waals surface area contributed by atoms with Gasteiger partial charge in [0, 0.05) is 28.4 Å². The Bertz CT molecular complexity index is 590. The summed E-state index contributed by atoms with van der Waals surface area (Å²) in [5.74, 6) is 0.860. The van der Waals surface area contributed by atoms with Crippen LogP contribution in [0.25, 0.3) is 0 Å². The van der Waals surface area contributed by atoms with Gasteiger partial charge in [0.2, 0.25) is 0 Å². The number of nitrogens with two attached hydrogens (primary N) is 1. The molecule has 0 fully saturated rings. The Balaban J connectivity index is 2.23. The summed E-state index contributed by atoms with van der Waals surface area (Å²) >= 11 is 12.3. The molecule has 1 aromatic rings. The van der Waals surface area contributed by atoms with Crippen LogP contribution in [0.2, 0.25) is 10.0 Å². The van der Waals surface area contributed by atoms with Gasteiger partial charge in [0.1, 0.15) is 5.84 Å². The van der Waals surface area contributed by atoms with Gasteiger partial charge in [-0.3, -0.25) is 0 Å². The van der Waals surface area contributed by atoms with Crippen LogP contribution in [0.5, 0.6) is 0 Å². The molecule has 0 amide bonds. The van der Waals surface area contributed by atoms with E-state index >= 15 is 0 Å². The highest BCUT2D eigenvalue weighted by molar-refractivity contribution is 6.35. The van der Waals surface area contributed by atoms with Crippen LogP contribution in [0.15, 0.2) is 41.6 Å². The van der Waals surface area contributed by atoms with E-state index in [1.54, 1.807) is 6.07 Å². The molecule has 3 rings (SSSR count). The van der Waals surface area contributed by atoms with Crippen LogP contribution in [0, 0.1) is 0 Å². The van der Waals surface area contributed by atoms with Gasteiger partial charge in [-0.15, -0.1) is 0 Å². The molecule has 0 bridgehead atoms. The molecule has 2 aliphatic heterocycles. The molecule has 0 aromatic heterocycles. The van der Waals surface area contributed by atoms with Crippen LogP contribution in [-0.2, 0) is 0 Å². The predicted molar refractivity (Wildman–Crippen MR) is 75.5 cm³/mol. The second-order valence-electron chi connectivity index (χ2n) is 4.15. The number of rotatable bonds is 1. The van der Waals surface area contributed by atoms with E-state index in [0.717, 1.165) is 17.1 Å². The van der Waals surface area contributed by atoms with Crippen molar-refractivity contribution in [2.45, 2.75) is 6.04 Å². The van der Waals surface area contributed by atoms with Crippen molar-refractivity contribution in [2.24, 2.45) is 10.7 Å². The Labute approximate surface area is 115 Å². The van der Waals surface area contributed by atoms with Crippen molar-refractivity contribution >= 4 is 34.7 Å². The molecular weight excluding hydrogens is 269 g/mol. The van der Waals surface area contributed by atoms with E-state index in [0.29, 0.717) is 16.6 Å². The zero-order valence-electron chi connectivity index (χ0n) is 9.48. The lowest BCUT2D eigenvalue weighted by molar-refractivity contribution is 0.414. The first kappa shape index (κ1) is 11.8. The number of hydrogen-bond acceptors (Lipinski definition) is 3. The zero-order chi connectivity index (χ0) is 12.7. The number of aliphatic imine (C=N–C) groups is 1. The molecule has 0 radical (unpaired) electrons. The van der Waals surface area contributed by atoms with E-state index in [4.69, 9.17) is 28.9 Å². The number of nitrogens with zero attached hydrogens (tertiary/aromatic N) is 2. The van der Waals surface area contributed by atoms with E-state index in [1.165, 1.54) is 0 Å². The quantitative estimate of drug-likeness (QED) is 0.856. The minimum Gasteiger partial charge on any atom is -0.328 e. The topological polar surface area (TPSA) is 41.6 Å². The molecule has 92 valence electrons. The van der Waals surface area contributed by atoms with Crippen molar-refractivity contribution in [3.05, 3.63) is 52.2 Å². The Hall–Kier alpha value is -1.29. The van der Waals surface area contributed by atoms with Crippen LogP contribution in [-0.4, -0.2) is 17.3 Å². The number of halogens is 2. The second-order valence-corrected chi connectivity index (χ2v) is 4.99. The number of allylic oxidation sites excluding steroid dienone is 2. The maximum absolute atomic E-state index is 6.27. The third-order valence-corrected chi connectivity index (χ3v) is 3.60. The standard InChI is InChI=1S/C13H11Cl2N3/c14-8-5-9(15)13-10(6-8)17-12-3-1-2-4-18(12)11(13)7-16/h1-6,11H,7,16H2.